The average Bonchev–Trinajstić information content (AvgIpc) is 3.04. The van der Waals surface area contributed by atoms with E-state index in [-0.39, 0.29) is 24.2 Å². The van der Waals surface area contributed by atoms with Crippen molar-refractivity contribution in [2.45, 2.75) is 31.7 Å². The van der Waals surface area contributed by atoms with Gasteiger partial charge in [0.05, 0.1) is 18.2 Å². The van der Waals surface area contributed by atoms with Gasteiger partial charge in [0, 0.05) is 12.7 Å². The number of carbonyl (C=O) groups is 1. The Bertz CT molecular complexity index is 612. The van der Waals surface area contributed by atoms with E-state index in [0.717, 1.165) is 31.5 Å². The van der Waals surface area contributed by atoms with Crippen molar-refractivity contribution in [2.75, 3.05) is 6.54 Å². The number of rotatable bonds is 3. The number of hydrogen-bond donors (Lipinski definition) is 1. The lowest BCUT2D eigenvalue weighted by Gasteiger charge is -2.35. The molecule has 1 amide bonds. The fourth-order valence-corrected chi connectivity index (χ4v) is 2.91. The van der Waals surface area contributed by atoms with Gasteiger partial charge >= 0.3 is 0 Å². The third-order valence-corrected chi connectivity index (χ3v) is 4.00. The summed E-state index contributed by atoms with van der Waals surface area (Å²) in [4.78, 5) is 14.4. The lowest BCUT2D eigenvalue weighted by atomic mass is 9.98. The van der Waals surface area contributed by atoms with E-state index < -0.39 is 0 Å². The summed E-state index contributed by atoms with van der Waals surface area (Å²) in [6.07, 6.45) is 4.81. The monoisotopic (exact) mass is 287 g/mol. The number of carbonyl (C=O) groups excluding carboxylic acids is 1. The molecule has 1 aliphatic heterocycles. The summed E-state index contributed by atoms with van der Waals surface area (Å²) in [7, 11) is 0. The highest BCUT2D eigenvalue weighted by atomic mass is 19.1. The maximum absolute atomic E-state index is 13.7. The number of H-pyrrole nitrogens is 1. The number of hydrogen-bond acceptors (Lipinski definition) is 2. The number of aromatic amines is 1. The topological polar surface area (TPSA) is 49.0 Å². The normalized spacial score (nSPS) is 18.7. The van der Waals surface area contributed by atoms with Crippen molar-refractivity contribution in [2.24, 2.45) is 0 Å². The third-order valence-electron chi connectivity index (χ3n) is 4.00. The SMILES string of the molecule is O=C(Cc1ccccc1F)N1CCCC[C@H]1c1ccn[nH]1. The molecule has 21 heavy (non-hydrogen) atoms. The van der Waals surface area contributed by atoms with Crippen LogP contribution >= 0.6 is 0 Å². The van der Waals surface area contributed by atoms with Crippen LogP contribution in [0.1, 0.15) is 36.6 Å². The molecule has 2 heterocycles. The van der Waals surface area contributed by atoms with Gasteiger partial charge in [-0.25, -0.2) is 4.39 Å². The number of halogens is 1. The summed E-state index contributed by atoms with van der Waals surface area (Å²) in [6.45, 7) is 0.719. The zero-order valence-corrected chi connectivity index (χ0v) is 11.8. The summed E-state index contributed by atoms with van der Waals surface area (Å²) in [5.41, 5.74) is 1.41. The molecule has 4 nitrogen and oxygen atoms in total. The van der Waals surface area contributed by atoms with Crippen molar-refractivity contribution in [1.29, 1.82) is 0 Å². The van der Waals surface area contributed by atoms with Crippen molar-refractivity contribution in [1.82, 2.24) is 15.1 Å². The number of nitrogens with zero attached hydrogens (tertiary/aromatic N) is 2. The Morgan fingerprint density at radius 2 is 2.19 bits per heavy atom. The number of nitrogens with one attached hydrogen (secondary N) is 1. The van der Waals surface area contributed by atoms with E-state index in [4.69, 9.17) is 0 Å². The molecule has 1 saturated heterocycles. The third kappa shape index (κ3) is 2.96. The summed E-state index contributed by atoms with van der Waals surface area (Å²) < 4.78 is 13.7. The molecule has 0 bridgehead atoms. The molecular formula is C16H18FN3O. The van der Waals surface area contributed by atoms with E-state index in [0.29, 0.717) is 5.56 Å². The fraction of sp³-hybridized carbons (Fsp3) is 0.375. The van der Waals surface area contributed by atoms with Crippen molar-refractivity contribution >= 4 is 5.91 Å². The van der Waals surface area contributed by atoms with Gasteiger partial charge in [0.2, 0.25) is 5.91 Å². The molecule has 0 aliphatic carbocycles. The molecule has 1 atom stereocenters. The van der Waals surface area contributed by atoms with Crippen LogP contribution in [0.4, 0.5) is 4.39 Å². The summed E-state index contributed by atoms with van der Waals surface area (Å²) >= 11 is 0. The minimum atomic E-state index is -0.319. The second kappa shape index (κ2) is 6.08. The number of likely N-dealkylation sites (tertiary alicyclic amines) is 1. The fourth-order valence-electron chi connectivity index (χ4n) is 2.91. The van der Waals surface area contributed by atoms with E-state index in [1.165, 1.54) is 6.07 Å². The van der Waals surface area contributed by atoms with Crippen molar-refractivity contribution < 1.29 is 9.18 Å². The van der Waals surface area contributed by atoms with Gasteiger partial charge in [-0.15, -0.1) is 0 Å². The van der Waals surface area contributed by atoms with Gasteiger partial charge in [0.15, 0.2) is 0 Å². The smallest absolute Gasteiger partial charge is 0.227 e. The van der Waals surface area contributed by atoms with Crippen LogP contribution in [0.2, 0.25) is 0 Å². The van der Waals surface area contributed by atoms with Gasteiger partial charge in [-0.2, -0.15) is 5.10 Å². The van der Waals surface area contributed by atoms with Crippen LogP contribution in [0.5, 0.6) is 0 Å². The van der Waals surface area contributed by atoms with Crippen molar-refractivity contribution in [3.8, 4) is 0 Å². The van der Waals surface area contributed by atoms with Crippen molar-refractivity contribution in [3.63, 3.8) is 0 Å². The molecule has 0 spiro atoms. The molecule has 1 fully saturated rings. The van der Waals surface area contributed by atoms with Gasteiger partial charge in [0.1, 0.15) is 5.82 Å². The quantitative estimate of drug-likeness (QED) is 0.943. The Morgan fingerprint density at radius 3 is 2.95 bits per heavy atom. The molecule has 1 aromatic carbocycles. The molecule has 0 saturated carbocycles. The molecule has 0 unspecified atom stereocenters. The Morgan fingerprint density at radius 1 is 1.33 bits per heavy atom. The molecular weight excluding hydrogens is 269 g/mol. The van der Waals surface area contributed by atoms with Crippen LogP contribution in [0.25, 0.3) is 0 Å². The number of benzene rings is 1. The highest BCUT2D eigenvalue weighted by molar-refractivity contribution is 5.79. The lowest BCUT2D eigenvalue weighted by Crippen LogP contribution is -2.39. The summed E-state index contributed by atoms with van der Waals surface area (Å²) in [5, 5.41) is 6.92. The second-order valence-corrected chi connectivity index (χ2v) is 5.38. The minimum absolute atomic E-state index is 0.0283. The van der Waals surface area contributed by atoms with E-state index >= 15 is 0 Å². The van der Waals surface area contributed by atoms with Gasteiger partial charge in [-0.1, -0.05) is 18.2 Å². The standard InChI is InChI=1S/C16H18FN3O/c17-13-6-2-1-5-12(13)11-16(21)20-10-4-3-7-15(20)14-8-9-18-19-14/h1-2,5-6,8-9,15H,3-4,7,10-11H2,(H,18,19)/t15-/m0/s1. The van der Waals surface area contributed by atoms with Gasteiger partial charge in [0.25, 0.3) is 0 Å². The average molecular weight is 287 g/mol. The first-order valence-electron chi connectivity index (χ1n) is 7.28. The Labute approximate surface area is 123 Å². The molecule has 2 aromatic rings. The Hall–Kier alpha value is -2.17. The molecule has 1 aromatic heterocycles. The van der Waals surface area contributed by atoms with Gasteiger partial charge in [-0.3, -0.25) is 9.89 Å². The van der Waals surface area contributed by atoms with Crippen LogP contribution in [0.3, 0.4) is 0 Å². The first-order valence-corrected chi connectivity index (χ1v) is 7.28. The highest BCUT2D eigenvalue weighted by Gasteiger charge is 2.29. The second-order valence-electron chi connectivity index (χ2n) is 5.38. The highest BCUT2D eigenvalue weighted by Crippen LogP contribution is 2.30. The van der Waals surface area contributed by atoms with E-state index in [9.17, 15) is 9.18 Å². The number of aromatic nitrogens is 2. The van der Waals surface area contributed by atoms with E-state index in [1.54, 1.807) is 24.4 Å². The molecule has 1 N–H and O–H groups in total. The number of piperidine rings is 1. The lowest BCUT2D eigenvalue weighted by molar-refractivity contribution is -0.134. The molecule has 1 aliphatic rings. The molecule has 3 rings (SSSR count). The number of amides is 1. The van der Waals surface area contributed by atoms with Crippen LogP contribution in [0.15, 0.2) is 36.5 Å². The molecule has 110 valence electrons. The first kappa shape index (κ1) is 13.8. The van der Waals surface area contributed by atoms with E-state index in [1.807, 2.05) is 11.0 Å². The maximum Gasteiger partial charge on any atom is 0.227 e. The van der Waals surface area contributed by atoms with Gasteiger partial charge < -0.3 is 4.90 Å². The van der Waals surface area contributed by atoms with Crippen LogP contribution in [-0.2, 0) is 11.2 Å². The molecule has 5 heteroatoms. The van der Waals surface area contributed by atoms with Crippen LogP contribution < -0.4 is 0 Å². The van der Waals surface area contributed by atoms with Crippen molar-refractivity contribution in [3.05, 3.63) is 53.6 Å². The Balaban J connectivity index is 1.77. The first-order chi connectivity index (χ1) is 10.3. The Kier molecular flexibility index (Phi) is 3.99. The molecule has 0 radical (unpaired) electrons. The predicted octanol–water partition coefficient (Wildman–Crippen LogP) is 2.85. The summed E-state index contributed by atoms with van der Waals surface area (Å²) in [6, 6.07) is 8.39. The maximum atomic E-state index is 13.7. The predicted molar refractivity (Wildman–Crippen MR) is 77.0 cm³/mol. The van der Waals surface area contributed by atoms with Crippen LogP contribution in [0, 0.1) is 5.82 Å². The van der Waals surface area contributed by atoms with Crippen LogP contribution in [-0.4, -0.2) is 27.5 Å². The largest absolute Gasteiger partial charge is 0.334 e. The zero-order chi connectivity index (χ0) is 14.7. The zero-order valence-electron chi connectivity index (χ0n) is 11.8. The van der Waals surface area contributed by atoms with E-state index in [2.05, 4.69) is 10.2 Å². The summed E-state index contributed by atoms with van der Waals surface area (Å²) in [5.74, 6) is -0.347. The van der Waals surface area contributed by atoms with Gasteiger partial charge in [-0.05, 0) is 37.0 Å². The minimum Gasteiger partial charge on any atom is -0.334 e.